The zero-order valence-electron chi connectivity index (χ0n) is 13.6. The van der Waals surface area contributed by atoms with E-state index >= 15 is 0 Å². The topological polar surface area (TPSA) is 75.5 Å². The Balaban J connectivity index is 1.85. The summed E-state index contributed by atoms with van der Waals surface area (Å²) in [4.78, 5) is 25.5. The van der Waals surface area contributed by atoms with Crippen molar-refractivity contribution in [1.82, 2.24) is 0 Å². The van der Waals surface area contributed by atoms with E-state index in [-0.39, 0.29) is 17.2 Å². The van der Waals surface area contributed by atoms with Gasteiger partial charge in [0.15, 0.2) is 0 Å². The van der Waals surface area contributed by atoms with Crippen LogP contribution < -0.4 is 10.2 Å². The summed E-state index contributed by atoms with van der Waals surface area (Å²) in [5.41, 5.74) is 1.46. The lowest BCUT2D eigenvalue weighted by atomic mass is 10.1. The molecule has 0 unspecified atom stereocenters. The number of benzene rings is 2. The lowest BCUT2D eigenvalue weighted by Crippen LogP contribution is -2.30. The molecule has 1 aliphatic heterocycles. The Kier molecular flexibility index (Phi) is 5.33. The first-order chi connectivity index (χ1) is 12.0. The number of hydrogen-bond donors (Lipinski definition) is 1. The number of anilines is 2. The van der Waals surface area contributed by atoms with Crippen LogP contribution in [0.2, 0.25) is 0 Å². The normalized spacial score (nSPS) is 14.2. The van der Waals surface area contributed by atoms with Gasteiger partial charge in [0.25, 0.3) is 11.6 Å². The highest BCUT2D eigenvalue weighted by Gasteiger charge is 2.23. The number of carbonyl (C=O) groups excluding carboxylic acids is 1. The van der Waals surface area contributed by atoms with Gasteiger partial charge in [0.2, 0.25) is 0 Å². The van der Waals surface area contributed by atoms with E-state index in [9.17, 15) is 14.9 Å². The number of nitro benzene ring substituents is 1. The summed E-state index contributed by atoms with van der Waals surface area (Å²) in [6, 6.07) is 11.9. The Labute approximate surface area is 154 Å². The number of nitro groups is 1. The molecular weight excluding hydrogens is 386 g/mol. The maximum absolute atomic E-state index is 12.4. The van der Waals surface area contributed by atoms with Crippen LogP contribution in [0.5, 0.6) is 0 Å². The van der Waals surface area contributed by atoms with Gasteiger partial charge in [-0.3, -0.25) is 14.9 Å². The molecule has 3 rings (SSSR count). The average Bonchev–Trinajstić information content (AvgIpc) is 2.62. The fourth-order valence-electron chi connectivity index (χ4n) is 2.98. The Bertz CT molecular complexity index is 804. The van der Waals surface area contributed by atoms with Gasteiger partial charge < -0.3 is 10.2 Å². The summed E-state index contributed by atoms with van der Waals surface area (Å²) in [6.07, 6.45) is 3.21. The van der Waals surface area contributed by atoms with Crippen molar-refractivity contribution in [1.29, 1.82) is 0 Å². The average molecular weight is 404 g/mol. The minimum Gasteiger partial charge on any atom is -0.366 e. The third-order valence-electron chi connectivity index (χ3n) is 4.21. The van der Waals surface area contributed by atoms with Crippen LogP contribution in [0.25, 0.3) is 0 Å². The number of hydrogen-bond acceptors (Lipinski definition) is 4. The SMILES string of the molecule is O=C(Nc1cccc(Br)c1)c1ccc(N2CCCCC2)c([N+](=O)[O-])c1. The maximum Gasteiger partial charge on any atom is 0.293 e. The predicted molar refractivity (Wildman–Crippen MR) is 101 cm³/mol. The summed E-state index contributed by atoms with van der Waals surface area (Å²) >= 11 is 3.35. The van der Waals surface area contributed by atoms with E-state index in [2.05, 4.69) is 21.2 Å². The third-order valence-corrected chi connectivity index (χ3v) is 4.71. The second-order valence-corrected chi connectivity index (χ2v) is 6.89. The van der Waals surface area contributed by atoms with Crippen molar-refractivity contribution < 1.29 is 9.72 Å². The van der Waals surface area contributed by atoms with E-state index in [0.29, 0.717) is 11.4 Å². The molecule has 1 saturated heterocycles. The van der Waals surface area contributed by atoms with Crippen LogP contribution in [0.15, 0.2) is 46.9 Å². The molecule has 2 aromatic rings. The highest BCUT2D eigenvalue weighted by Crippen LogP contribution is 2.31. The molecule has 1 amide bonds. The van der Waals surface area contributed by atoms with Crippen LogP contribution in [0.3, 0.4) is 0 Å². The lowest BCUT2D eigenvalue weighted by Gasteiger charge is -2.28. The summed E-state index contributed by atoms with van der Waals surface area (Å²) < 4.78 is 0.844. The van der Waals surface area contributed by atoms with Gasteiger partial charge in [-0.05, 0) is 49.6 Å². The van der Waals surface area contributed by atoms with Crippen molar-refractivity contribution in [3.05, 3.63) is 62.6 Å². The van der Waals surface area contributed by atoms with Gasteiger partial charge in [0.1, 0.15) is 5.69 Å². The van der Waals surface area contributed by atoms with E-state index in [1.165, 1.54) is 6.07 Å². The van der Waals surface area contributed by atoms with E-state index in [1.54, 1.807) is 24.3 Å². The molecule has 1 aliphatic rings. The Morgan fingerprint density at radius 1 is 1.12 bits per heavy atom. The van der Waals surface area contributed by atoms with E-state index in [4.69, 9.17) is 0 Å². The molecule has 0 aromatic heterocycles. The number of nitrogens with one attached hydrogen (secondary N) is 1. The molecular formula is C18H18BrN3O3. The molecule has 0 atom stereocenters. The van der Waals surface area contributed by atoms with Gasteiger partial charge in [-0.15, -0.1) is 0 Å². The molecule has 6 nitrogen and oxygen atoms in total. The summed E-state index contributed by atoms with van der Waals surface area (Å²) in [5, 5.41) is 14.2. The van der Waals surface area contributed by atoms with Crippen molar-refractivity contribution in [3.63, 3.8) is 0 Å². The van der Waals surface area contributed by atoms with E-state index in [1.807, 2.05) is 17.0 Å². The smallest absolute Gasteiger partial charge is 0.293 e. The second kappa shape index (κ2) is 7.65. The number of halogens is 1. The quantitative estimate of drug-likeness (QED) is 0.597. The molecule has 0 spiro atoms. The number of rotatable bonds is 4. The van der Waals surface area contributed by atoms with Crippen LogP contribution in [-0.2, 0) is 0 Å². The summed E-state index contributed by atoms with van der Waals surface area (Å²) in [7, 11) is 0. The summed E-state index contributed by atoms with van der Waals surface area (Å²) in [6.45, 7) is 1.62. The second-order valence-electron chi connectivity index (χ2n) is 5.97. The first kappa shape index (κ1) is 17.4. The van der Waals surface area contributed by atoms with Crippen molar-refractivity contribution in [2.75, 3.05) is 23.3 Å². The molecule has 2 aromatic carbocycles. The van der Waals surface area contributed by atoms with Crippen LogP contribution in [0, 0.1) is 10.1 Å². The Hall–Kier alpha value is -2.41. The highest BCUT2D eigenvalue weighted by molar-refractivity contribution is 9.10. The molecule has 0 aliphatic carbocycles. The molecule has 1 N–H and O–H groups in total. The van der Waals surface area contributed by atoms with Gasteiger partial charge in [0, 0.05) is 34.9 Å². The van der Waals surface area contributed by atoms with Crippen molar-refractivity contribution in [2.45, 2.75) is 19.3 Å². The Morgan fingerprint density at radius 2 is 1.88 bits per heavy atom. The maximum atomic E-state index is 12.4. The molecule has 0 saturated carbocycles. The number of nitrogens with zero attached hydrogens (tertiary/aromatic N) is 2. The molecule has 1 fully saturated rings. The molecule has 7 heteroatoms. The largest absolute Gasteiger partial charge is 0.366 e. The van der Waals surface area contributed by atoms with Gasteiger partial charge in [-0.25, -0.2) is 0 Å². The van der Waals surface area contributed by atoms with Crippen LogP contribution in [0.4, 0.5) is 17.1 Å². The first-order valence-electron chi connectivity index (χ1n) is 8.15. The third kappa shape index (κ3) is 4.17. The van der Waals surface area contributed by atoms with Gasteiger partial charge in [-0.2, -0.15) is 0 Å². The fraction of sp³-hybridized carbons (Fsp3) is 0.278. The highest BCUT2D eigenvalue weighted by atomic mass is 79.9. The zero-order valence-corrected chi connectivity index (χ0v) is 15.2. The number of piperidine rings is 1. The van der Waals surface area contributed by atoms with Crippen LogP contribution in [-0.4, -0.2) is 23.9 Å². The molecule has 0 radical (unpaired) electrons. The van der Waals surface area contributed by atoms with Crippen molar-refractivity contribution >= 4 is 38.9 Å². The monoisotopic (exact) mass is 403 g/mol. The zero-order chi connectivity index (χ0) is 17.8. The van der Waals surface area contributed by atoms with Gasteiger partial charge >= 0.3 is 0 Å². The minimum absolute atomic E-state index is 0.0243. The number of carbonyl (C=O) groups is 1. The van der Waals surface area contributed by atoms with E-state index < -0.39 is 4.92 Å². The fourth-order valence-corrected chi connectivity index (χ4v) is 3.38. The minimum atomic E-state index is -0.417. The molecule has 25 heavy (non-hydrogen) atoms. The lowest BCUT2D eigenvalue weighted by molar-refractivity contribution is -0.384. The molecule has 1 heterocycles. The summed E-state index contributed by atoms with van der Waals surface area (Å²) in [5.74, 6) is -0.369. The number of amides is 1. The van der Waals surface area contributed by atoms with Crippen molar-refractivity contribution in [3.8, 4) is 0 Å². The van der Waals surface area contributed by atoms with Crippen LogP contribution >= 0.6 is 15.9 Å². The van der Waals surface area contributed by atoms with Crippen molar-refractivity contribution in [2.24, 2.45) is 0 Å². The van der Waals surface area contributed by atoms with Gasteiger partial charge in [-0.1, -0.05) is 22.0 Å². The van der Waals surface area contributed by atoms with Crippen LogP contribution in [0.1, 0.15) is 29.6 Å². The first-order valence-corrected chi connectivity index (χ1v) is 8.94. The molecule has 130 valence electrons. The standard InChI is InChI=1S/C18H18BrN3O3/c19-14-5-4-6-15(12-14)20-18(23)13-7-8-16(17(11-13)22(24)25)21-9-2-1-3-10-21/h4-8,11-12H,1-3,9-10H2,(H,20,23). The van der Waals surface area contributed by atoms with Gasteiger partial charge in [0.05, 0.1) is 4.92 Å². The molecule has 0 bridgehead atoms. The Morgan fingerprint density at radius 3 is 2.56 bits per heavy atom. The van der Waals surface area contributed by atoms with E-state index in [0.717, 1.165) is 36.8 Å². The predicted octanol–water partition coefficient (Wildman–Crippen LogP) is 4.60.